The fraction of sp³-hybridized carbons (Fsp3) is 0.316. The number of rotatable bonds is 4. The molecule has 0 amide bonds. The summed E-state index contributed by atoms with van der Waals surface area (Å²) in [7, 11) is -3.47. The lowest BCUT2D eigenvalue weighted by molar-refractivity contribution is 0.101. The van der Waals surface area contributed by atoms with Crippen LogP contribution in [-0.4, -0.2) is 44.7 Å². The Bertz CT molecular complexity index is 885. The Morgan fingerprint density at radius 2 is 1.64 bits per heavy atom. The maximum absolute atomic E-state index is 12.9. The van der Waals surface area contributed by atoms with Crippen molar-refractivity contribution >= 4 is 21.5 Å². The minimum atomic E-state index is -3.47. The molecule has 1 fully saturated rings. The molecule has 0 aliphatic carbocycles. The number of nitrogens with zero attached hydrogens (tertiary/aromatic N) is 2. The van der Waals surface area contributed by atoms with Crippen LogP contribution in [0.5, 0.6) is 0 Å². The first-order valence-corrected chi connectivity index (χ1v) is 9.75. The molecule has 6 heteroatoms. The second-order valence-corrected chi connectivity index (χ2v) is 8.17. The van der Waals surface area contributed by atoms with Crippen molar-refractivity contribution in [1.29, 1.82) is 0 Å². The Kier molecular flexibility index (Phi) is 4.92. The maximum atomic E-state index is 12.9. The molecule has 1 aliphatic heterocycles. The third kappa shape index (κ3) is 3.60. The van der Waals surface area contributed by atoms with Crippen molar-refractivity contribution in [2.75, 3.05) is 31.1 Å². The lowest BCUT2D eigenvalue weighted by Crippen LogP contribution is -2.48. The summed E-state index contributed by atoms with van der Waals surface area (Å²) >= 11 is 0. The van der Waals surface area contributed by atoms with Crippen LogP contribution in [0.25, 0.3) is 0 Å². The van der Waals surface area contributed by atoms with E-state index in [-0.39, 0.29) is 5.78 Å². The second kappa shape index (κ2) is 6.98. The number of ketones is 1. The van der Waals surface area contributed by atoms with Crippen molar-refractivity contribution in [2.24, 2.45) is 0 Å². The summed E-state index contributed by atoms with van der Waals surface area (Å²) in [6, 6.07) is 14.6. The topological polar surface area (TPSA) is 57.7 Å². The molecule has 5 nitrogen and oxygen atoms in total. The average Bonchev–Trinajstić information content (AvgIpc) is 2.62. The summed E-state index contributed by atoms with van der Waals surface area (Å²) in [4.78, 5) is 14.0. The number of anilines is 1. The van der Waals surface area contributed by atoms with Gasteiger partial charge in [-0.15, -0.1) is 0 Å². The molecule has 2 aromatic rings. The average molecular weight is 358 g/mol. The molecule has 0 radical (unpaired) electrons. The van der Waals surface area contributed by atoms with E-state index in [1.54, 1.807) is 29.4 Å². The normalized spacial score (nSPS) is 16.0. The molecule has 0 saturated carbocycles. The van der Waals surface area contributed by atoms with Crippen LogP contribution >= 0.6 is 0 Å². The van der Waals surface area contributed by atoms with Crippen molar-refractivity contribution in [3.05, 3.63) is 59.7 Å². The van der Waals surface area contributed by atoms with Crippen molar-refractivity contribution in [2.45, 2.75) is 18.7 Å². The van der Waals surface area contributed by atoms with Crippen LogP contribution in [0.2, 0.25) is 0 Å². The van der Waals surface area contributed by atoms with Crippen molar-refractivity contribution in [3.8, 4) is 0 Å². The number of hydrogen-bond acceptors (Lipinski definition) is 4. The molecule has 0 atom stereocenters. The fourth-order valence-corrected chi connectivity index (χ4v) is 4.74. The predicted molar refractivity (Wildman–Crippen MR) is 98.6 cm³/mol. The summed E-state index contributed by atoms with van der Waals surface area (Å²) in [5.41, 5.74) is 2.40. The smallest absolute Gasteiger partial charge is 0.243 e. The van der Waals surface area contributed by atoms with E-state index in [0.717, 1.165) is 11.3 Å². The number of carbonyl (C=O) groups is 1. The van der Waals surface area contributed by atoms with Crippen LogP contribution in [0.3, 0.4) is 0 Å². The van der Waals surface area contributed by atoms with Crippen molar-refractivity contribution < 1.29 is 13.2 Å². The van der Waals surface area contributed by atoms with Crippen LogP contribution in [-0.2, 0) is 10.0 Å². The van der Waals surface area contributed by atoms with Gasteiger partial charge in [0.1, 0.15) is 0 Å². The van der Waals surface area contributed by atoms with Crippen LogP contribution in [0.4, 0.5) is 5.69 Å². The number of piperazine rings is 1. The quantitative estimate of drug-likeness (QED) is 0.789. The van der Waals surface area contributed by atoms with E-state index < -0.39 is 10.0 Å². The lowest BCUT2D eigenvalue weighted by atomic mass is 10.1. The van der Waals surface area contributed by atoms with E-state index in [9.17, 15) is 13.2 Å². The lowest BCUT2D eigenvalue weighted by Gasteiger charge is -2.35. The first kappa shape index (κ1) is 17.6. The molecule has 0 spiro atoms. The summed E-state index contributed by atoms with van der Waals surface area (Å²) in [6.07, 6.45) is 0. The maximum Gasteiger partial charge on any atom is 0.243 e. The highest BCUT2D eigenvalue weighted by atomic mass is 32.2. The van der Waals surface area contributed by atoms with Gasteiger partial charge in [-0.05, 0) is 37.6 Å². The Morgan fingerprint density at radius 3 is 2.28 bits per heavy atom. The number of benzene rings is 2. The minimum Gasteiger partial charge on any atom is -0.369 e. The molecule has 0 unspecified atom stereocenters. The summed E-state index contributed by atoms with van der Waals surface area (Å²) < 4.78 is 27.3. The highest BCUT2D eigenvalue weighted by molar-refractivity contribution is 7.89. The number of Topliss-reactive ketones (excluding diaryl/α,β-unsaturated/α-hetero) is 1. The van der Waals surface area contributed by atoms with Crippen LogP contribution in [0.1, 0.15) is 22.8 Å². The highest BCUT2D eigenvalue weighted by Crippen LogP contribution is 2.23. The number of hydrogen-bond donors (Lipinski definition) is 0. The molecule has 1 saturated heterocycles. The molecular formula is C19H22N2O3S. The zero-order valence-electron chi connectivity index (χ0n) is 14.5. The van der Waals surface area contributed by atoms with Gasteiger partial charge in [0.15, 0.2) is 5.78 Å². The molecule has 25 heavy (non-hydrogen) atoms. The van der Waals surface area contributed by atoms with E-state index in [1.165, 1.54) is 0 Å². The third-order valence-electron chi connectivity index (χ3n) is 4.57. The summed E-state index contributed by atoms with van der Waals surface area (Å²) in [6.45, 7) is 5.43. The molecule has 0 N–H and O–H groups in total. The van der Waals surface area contributed by atoms with E-state index in [1.807, 2.05) is 37.3 Å². The Balaban J connectivity index is 1.75. The Hall–Kier alpha value is -2.18. The zero-order chi connectivity index (χ0) is 18.0. The SMILES string of the molecule is CC(=O)c1cccc(N2CCN(S(=O)(=O)c3ccccc3C)CC2)c1. The molecule has 0 bridgehead atoms. The van der Waals surface area contributed by atoms with Gasteiger partial charge in [0, 0.05) is 37.4 Å². The van der Waals surface area contributed by atoms with Gasteiger partial charge in [0.2, 0.25) is 10.0 Å². The van der Waals surface area contributed by atoms with Gasteiger partial charge in [-0.1, -0.05) is 30.3 Å². The molecular weight excluding hydrogens is 336 g/mol. The largest absolute Gasteiger partial charge is 0.369 e. The molecule has 1 aliphatic rings. The summed E-state index contributed by atoms with van der Waals surface area (Å²) in [5, 5.41) is 0. The molecule has 2 aromatic carbocycles. The molecule has 0 aromatic heterocycles. The van der Waals surface area contributed by atoms with E-state index in [2.05, 4.69) is 4.90 Å². The van der Waals surface area contributed by atoms with Gasteiger partial charge < -0.3 is 4.90 Å². The van der Waals surface area contributed by atoms with Gasteiger partial charge in [-0.25, -0.2) is 8.42 Å². The van der Waals surface area contributed by atoms with E-state index in [0.29, 0.717) is 36.6 Å². The number of carbonyl (C=O) groups excluding carboxylic acids is 1. The Labute approximate surface area is 148 Å². The van der Waals surface area contributed by atoms with Crippen LogP contribution in [0, 0.1) is 6.92 Å². The second-order valence-electron chi connectivity index (χ2n) is 6.26. The first-order chi connectivity index (χ1) is 11.9. The van der Waals surface area contributed by atoms with Gasteiger partial charge in [-0.3, -0.25) is 4.79 Å². The van der Waals surface area contributed by atoms with Gasteiger partial charge in [0.05, 0.1) is 4.90 Å². The van der Waals surface area contributed by atoms with E-state index >= 15 is 0 Å². The van der Waals surface area contributed by atoms with Crippen LogP contribution < -0.4 is 4.90 Å². The van der Waals surface area contributed by atoms with E-state index in [4.69, 9.17) is 0 Å². The minimum absolute atomic E-state index is 0.0302. The highest BCUT2D eigenvalue weighted by Gasteiger charge is 2.29. The Morgan fingerprint density at radius 1 is 0.960 bits per heavy atom. The van der Waals surface area contributed by atoms with Crippen molar-refractivity contribution in [3.63, 3.8) is 0 Å². The first-order valence-electron chi connectivity index (χ1n) is 8.31. The summed E-state index contributed by atoms with van der Waals surface area (Å²) in [5.74, 6) is 0.0302. The third-order valence-corrected chi connectivity index (χ3v) is 6.63. The fourth-order valence-electron chi connectivity index (χ4n) is 3.09. The van der Waals surface area contributed by atoms with Gasteiger partial charge >= 0.3 is 0 Å². The molecule has 3 rings (SSSR count). The van der Waals surface area contributed by atoms with Crippen molar-refractivity contribution in [1.82, 2.24) is 4.31 Å². The zero-order valence-corrected chi connectivity index (χ0v) is 15.3. The van der Waals surface area contributed by atoms with Gasteiger partial charge in [-0.2, -0.15) is 4.31 Å². The molecule has 1 heterocycles. The molecule has 132 valence electrons. The number of aryl methyl sites for hydroxylation is 1. The standard InChI is InChI=1S/C19H22N2O3S/c1-15-6-3-4-9-19(15)25(23,24)21-12-10-20(11-13-21)18-8-5-7-17(14-18)16(2)22/h3-9,14H,10-13H2,1-2H3. The predicted octanol–water partition coefficient (Wildman–Crippen LogP) is 2.71. The van der Waals surface area contributed by atoms with Gasteiger partial charge in [0.25, 0.3) is 0 Å². The number of sulfonamides is 1. The monoisotopic (exact) mass is 358 g/mol. The van der Waals surface area contributed by atoms with Crippen LogP contribution in [0.15, 0.2) is 53.4 Å².